The van der Waals surface area contributed by atoms with E-state index in [1.54, 1.807) is 18.7 Å². The topological polar surface area (TPSA) is 188 Å². The molecule has 0 aromatic carbocycles. The van der Waals surface area contributed by atoms with Crippen LogP contribution in [0.1, 0.15) is 6.92 Å². The van der Waals surface area contributed by atoms with Crippen LogP contribution < -0.4 is 11.3 Å². The fraction of sp³-hybridized carbons (Fsp3) is 0.429. The van der Waals surface area contributed by atoms with Crippen LogP contribution in [0.25, 0.3) is 11.2 Å². The molecule has 140 valence electrons. The minimum absolute atomic E-state index is 0.0307. The minimum Gasteiger partial charge on any atom is -0.394 e. The molecule has 0 aliphatic carbocycles. The van der Waals surface area contributed by atoms with Crippen molar-refractivity contribution in [3.05, 3.63) is 35.4 Å². The lowest BCUT2D eigenvalue weighted by Gasteiger charge is -2.29. The number of aromatic amines is 2. The van der Waals surface area contributed by atoms with E-state index in [1.165, 1.54) is 17.8 Å². The first-order valence-electron chi connectivity index (χ1n) is 7.69. The van der Waals surface area contributed by atoms with Crippen LogP contribution in [0.3, 0.4) is 0 Å². The largest absolute Gasteiger partial charge is 0.394 e. The van der Waals surface area contributed by atoms with Crippen molar-refractivity contribution in [2.75, 3.05) is 12.3 Å². The number of aromatic nitrogens is 6. The van der Waals surface area contributed by atoms with Crippen LogP contribution in [0, 0.1) is 0 Å². The summed E-state index contributed by atoms with van der Waals surface area (Å²) < 4.78 is 6.85. The highest BCUT2D eigenvalue weighted by atomic mass is 16.6. The molecule has 12 nitrogen and oxygen atoms in total. The summed E-state index contributed by atoms with van der Waals surface area (Å²) in [5.41, 5.74) is 3.70. The third-order valence-corrected chi connectivity index (χ3v) is 4.13. The van der Waals surface area contributed by atoms with Gasteiger partial charge in [0.1, 0.15) is 18.3 Å². The van der Waals surface area contributed by atoms with Crippen molar-refractivity contribution in [1.29, 1.82) is 0 Å². The number of nitrogens with one attached hydrogen (secondary N) is 2. The predicted octanol–water partition coefficient (Wildman–Crippen LogP) is -2.10. The normalized spacial score (nSPS) is 28.1. The summed E-state index contributed by atoms with van der Waals surface area (Å²) in [7, 11) is 0. The van der Waals surface area contributed by atoms with Gasteiger partial charge in [0.05, 0.1) is 19.3 Å². The van der Waals surface area contributed by atoms with Gasteiger partial charge in [0.25, 0.3) is 5.56 Å². The second kappa shape index (κ2) is 6.84. The number of aliphatic hydroxyl groups is 3. The minimum atomic E-state index is -1.44. The number of ether oxygens (including phenoxy) is 1. The number of nitrogens with two attached hydrogens (primary N) is 1. The van der Waals surface area contributed by atoms with Crippen molar-refractivity contribution >= 4 is 17.1 Å². The summed E-state index contributed by atoms with van der Waals surface area (Å²) in [5.74, 6) is -0.107. The summed E-state index contributed by atoms with van der Waals surface area (Å²) in [6, 6.07) is 0. The van der Waals surface area contributed by atoms with Gasteiger partial charge in [0.15, 0.2) is 16.9 Å². The molecular formula is C14H19N7O5. The molecule has 0 amide bonds. The summed E-state index contributed by atoms with van der Waals surface area (Å²) in [5, 5.41) is 29.3. The van der Waals surface area contributed by atoms with E-state index in [-0.39, 0.29) is 17.1 Å². The molecule has 4 rings (SSSR count). The smallest absolute Gasteiger partial charge is 0.280 e. The van der Waals surface area contributed by atoms with Gasteiger partial charge in [-0.3, -0.25) is 14.3 Å². The Morgan fingerprint density at radius 1 is 1.46 bits per heavy atom. The number of H-pyrrole nitrogens is 2. The van der Waals surface area contributed by atoms with Crippen LogP contribution in [0.5, 0.6) is 0 Å². The van der Waals surface area contributed by atoms with Gasteiger partial charge in [-0.15, -0.1) is 0 Å². The molecule has 0 saturated carbocycles. The summed E-state index contributed by atoms with van der Waals surface area (Å²) in [6.45, 7) is 1.04. The van der Waals surface area contributed by atoms with Gasteiger partial charge in [-0.1, -0.05) is 0 Å². The number of aliphatic hydroxyl groups excluding tert-OH is 3. The molecular weight excluding hydrogens is 346 g/mol. The highest BCUT2D eigenvalue weighted by molar-refractivity contribution is 5.70. The fourth-order valence-corrected chi connectivity index (χ4v) is 2.78. The Hall–Kier alpha value is -2.80. The molecule has 3 aromatic rings. The van der Waals surface area contributed by atoms with E-state index in [0.717, 1.165) is 0 Å². The van der Waals surface area contributed by atoms with Gasteiger partial charge in [-0.2, -0.15) is 4.98 Å². The first kappa shape index (κ1) is 18.0. The lowest BCUT2D eigenvalue weighted by Crippen LogP contribution is -2.43. The predicted molar refractivity (Wildman–Crippen MR) is 88.8 cm³/mol. The molecule has 1 aliphatic rings. The molecule has 4 heterocycles. The molecule has 3 aromatic heterocycles. The van der Waals surface area contributed by atoms with Crippen molar-refractivity contribution in [3.8, 4) is 0 Å². The van der Waals surface area contributed by atoms with Crippen LogP contribution in [0.15, 0.2) is 29.8 Å². The van der Waals surface area contributed by atoms with Crippen molar-refractivity contribution in [3.63, 3.8) is 0 Å². The molecule has 26 heavy (non-hydrogen) atoms. The maximum absolute atomic E-state index is 11.8. The Morgan fingerprint density at radius 2 is 2.23 bits per heavy atom. The van der Waals surface area contributed by atoms with E-state index >= 15 is 0 Å². The standard InChI is InChI=1S/C11H15N5O5.C3H4N2/c1-11(7(19)6(18)4(2-17)21-11)16-3-13-5-8(16)14-10(12)15-9(5)20;1-2-5-3-4-1/h3-4,6-7,17-19H,2H2,1H3,(H3,12,14,15,20);1-3H,(H,4,5)/t4-,6-,7-,11-;/m1./s1. The molecule has 7 N–H and O–H groups in total. The second-order valence-corrected chi connectivity index (χ2v) is 5.83. The van der Waals surface area contributed by atoms with Crippen LogP contribution >= 0.6 is 0 Å². The van der Waals surface area contributed by atoms with Gasteiger partial charge in [-0.25, -0.2) is 9.97 Å². The van der Waals surface area contributed by atoms with Gasteiger partial charge < -0.3 is 30.8 Å². The lowest BCUT2D eigenvalue weighted by molar-refractivity contribution is -0.132. The van der Waals surface area contributed by atoms with E-state index in [0.29, 0.717) is 0 Å². The van der Waals surface area contributed by atoms with E-state index in [1.807, 2.05) is 0 Å². The molecule has 4 atom stereocenters. The van der Waals surface area contributed by atoms with Crippen molar-refractivity contribution in [2.45, 2.75) is 31.0 Å². The number of imidazole rings is 2. The van der Waals surface area contributed by atoms with Crippen LogP contribution in [0.2, 0.25) is 0 Å². The number of nitrogen functional groups attached to an aromatic ring is 1. The number of hydrogen-bond donors (Lipinski definition) is 6. The fourth-order valence-electron chi connectivity index (χ4n) is 2.78. The highest BCUT2D eigenvalue weighted by Gasteiger charge is 2.52. The zero-order valence-corrected chi connectivity index (χ0v) is 13.8. The third kappa shape index (κ3) is 2.94. The Bertz CT molecular complexity index is 906. The zero-order valence-electron chi connectivity index (χ0n) is 13.8. The van der Waals surface area contributed by atoms with Crippen molar-refractivity contribution < 1.29 is 20.1 Å². The summed E-state index contributed by atoms with van der Waals surface area (Å²) >= 11 is 0. The number of hydrogen-bond acceptors (Lipinski definition) is 9. The number of nitrogens with zero attached hydrogens (tertiary/aromatic N) is 4. The van der Waals surface area contributed by atoms with E-state index in [2.05, 4.69) is 24.9 Å². The molecule has 0 radical (unpaired) electrons. The number of rotatable bonds is 2. The Kier molecular flexibility index (Phi) is 4.73. The number of fused-ring (bicyclic) bond motifs is 1. The molecule has 0 unspecified atom stereocenters. The quantitative estimate of drug-likeness (QED) is 0.295. The third-order valence-electron chi connectivity index (χ3n) is 4.13. The summed E-state index contributed by atoms with van der Waals surface area (Å²) in [6.07, 6.45) is 2.77. The van der Waals surface area contributed by atoms with E-state index < -0.39 is 36.2 Å². The van der Waals surface area contributed by atoms with Gasteiger partial charge in [0.2, 0.25) is 5.95 Å². The van der Waals surface area contributed by atoms with E-state index in [9.17, 15) is 20.1 Å². The zero-order chi connectivity index (χ0) is 18.9. The molecule has 1 saturated heterocycles. The Morgan fingerprint density at radius 3 is 2.77 bits per heavy atom. The first-order valence-corrected chi connectivity index (χ1v) is 7.69. The van der Waals surface area contributed by atoms with Gasteiger partial charge in [-0.05, 0) is 6.92 Å². The highest BCUT2D eigenvalue weighted by Crippen LogP contribution is 2.36. The monoisotopic (exact) mass is 365 g/mol. The lowest BCUT2D eigenvalue weighted by atomic mass is 10.0. The molecule has 0 bridgehead atoms. The van der Waals surface area contributed by atoms with Gasteiger partial charge in [0, 0.05) is 12.4 Å². The van der Waals surface area contributed by atoms with E-state index in [4.69, 9.17) is 10.5 Å². The average molecular weight is 365 g/mol. The van der Waals surface area contributed by atoms with Crippen LogP contribution in [-0.2, 0) is 10.5 Å². The maximum Gasteiger partial charge on any atom is 0.280 e. The SMILES string of the molecule is C[C@@]1(n2cnc3c(=O)[nH]c(N)nc32)O[C@H](CO)[C@@H](O)[C@H]1O.c1c[nH]cn1. The molecule has 1 aliphatic heterocycles. The summed E-state index contributed by atoms with van der Waals surface area (Å²) in [4.78, 5) is 28.4. The maximum atomic E-state index is 11.8. The van der Waals surface area contributed by atoms with Crippen molar-refractivity contribution in [1.82, 2.24) is 29.5 Å². The van der Waals surface area contributed by atoms with Crippen LogP contribution in [0.4, 0.5) is 5.95 Å². The Labute approximate surface area is 146 Å². The molecule has 12 heteroatoms. The first-order chi connectivity index (χ1) is 12.4. The molecule has 0 spiro atoms. The second-order valence-electron chi connectivity index (χ2n) is 5.83. The van der Waals surface area contributed by atoms with Gasteiger partial charge >= 0.3 is 0 Å². The molecule has 1 fully saturated rings. The Balaban J connectivity index is 0.000000339. The number of anilines is 1. The average Bonchev–Trinajstić information content (AvgIpc) is 3.33. The van der Waals surface area contributed by atoms with Crippen molar-refractivity contribution in [2.24, 2.45) is 0 Å². The van der Waals surface area contributed by atoms with Crippen LogP contribution in [-0.4, -0.2) is 69.7 Å².